The van der Waals surface area contributed by atoms with Crippen LogP contribution in [-0.2, 0) is 0 Å². The van der Waals surface area contributed by atoms with Crippen LogP contribution >= 0.6 is 23.5 Å². The zero-order valence-corrected chi connectivity index (χ0v) is 16.6. The van der Waals surface area contributed by atoms with Crippen molar-refractivity contribution in [2.45, 2.75) is 35.1 Å². The zero-order chi connectivity index (χ0) is 16.2. The summed E-state index contributed by atoms with van der Waals surface area (Å²) in [6.07, 6.45) is 4.11. The van der Waals surface area contributed by atoms with Crippen LogP contribution in [0.25, 0.3) is 0 Å². The Balaban J connectivity index is 0.00000182. The number of piperidine rings is 1. The van der Waals surface area contributed by atoms with Crippen LogP contribution in [-0.4, -0.2) is 29.8 Å². The van der Waals surface area contributed by atoms with E-state index >= 15 is 0 Å². The Bertz CT molecular complexity index is 637. The molecule has 2 aromatic rings. The van der Waals surface area contributed by atoms with E-state index in [4.69, 9.17) is 0 Å². The van der Waals surface area contributed by atoms with Crippen LogP contribution in [0.5, 0.6) is 0 Å². The molecular formula is C21H24LiNS2. The van der Waals surface area contributed by atoms with E-state index in [0.717, 1.165) is 0 Å². The first kappa shape index (κ1) is 19.5. The minimum absolute atomic E-state index is 0. The summed E-state index contributed by atoms with van der Waals surface area (Å²) in [5.74, 6) is 1.90. The maximum Gasteiger partial charge on any atom is 1.00 e. The Hall–Kier alpha value is -0.303. The summed E-state index contributed by atoms with van der Waals surface area (Å²) < 4.78 is 0. The molecule has 2 aliphatic heterocycles. The molecule has 2 aromatic carbocycles. The SMILES string of the molecule is [Li+].c1ccc(SC[C@H]2CN3CCCC[C@@H]3[C-]2Sc2ccccc2)cc1. The van der Waals surface area contributed by atoms with Crippen LogP contribution in [0.3, 0.4) is 0 Å². The Morgan fingerprint density at radius 1 is 0.920 bits per heavy atom. The van der Waals surface area contributed by atoms with Gasteiger partial charge in [0.25, 0.3) is 0 Å². The van der Waals surface area contributed by atoms with E-state index < -0.39 is 0 Å². The van der Waals surface area contributed by atoms with Crippen molar-refractivity contribution >= 4 is 23.5 Å². The van der Waals surface area contributed by atoms with E-state index in [0.29, 0.717) is 12.0 Å². The van der Waals surface area contributed by atoms with E-state index in [1.165, 1.54) is 47.9 Å². The topological polar surface area (TPSA) is 3.24 Å². The third-order valence-corrected chi connectivity index (χ3v) is 7.50. The van der Waals surface area contributed by atoms with Gasteiger partial charge in [-0.15, -0.1) is 23.7 Å². The van der Waals surface area contributed by atoms with Gasteiger partial charge in [0.15, 0.2) is 0 Å². The molecule has 0 saturated carbocycles. The molecule has 25 heavy (non-hydrogen) atoms. The van der Waals surface area contributed by atoms with Gasteiger partial charge in [-0.25, -0.2) is 5.25 Å². The predicted molar refractivity (Wildman–Crippen MR) is 105 cm³/mol. The first-order chi connectivity index (χ1) is 11.9. The molecule has 2 fully saturated rings. The molecule has 2 aliphatic rings. The van der Waals surface area contributed by atoms with Gasteiger partial charge in [0, 0.05) is 4.90 Å². The molecule has 0 radical (unpaired) electrons. The number of hydrogen-bond donors (Lipinski definition) is 0. The van der Waals surface area contributed by atoms with Gasteiger partial charge in [0.1, 0.15) is 0 Å². The third kappa shape index (κ3) is 4.90. The molecule has 0 bridgehead atoms. The quantitative estimate of drug-likeness (QED) is 0.458. The Morgan fingerprint density at radius 2 is 1.60 bits per heavy atom. The fourth-order valence-corrected chi connectivity index (χ4v) is 6.23. The first-order valence-electron chi connectivity index (χ1n) is 8.92. The van der Waals surface area contributed by atoms with Crippen LogP contribution in [0.2, 0.25) is 0 Å². The summed E-state index contributed by atoms with van der Waals surface area (Å²) in [5.41, 5.74) is 0. The fourth-order valence-electron chi connectivity index (χ4n) is 3.80. The largest absolute Gasteiger partial charge is 1.00 e. The molecule has 2 atom stereocenters. The van der Waals surface area contributed by atoms with Gasteiger partial charge >= 0.3 is 18.9 Å². The van der Waals surface area contributed by atoms with E-state index in [2.05, 4.69) is 65.6 Å². The standard InChI is InChI=1S/C21H24NS2.Li/c1-3-9-18(10-4-1)23-16-17-15-22-14-8-7-13-20(22)21(17)24-19-11-5-2-6-12-19;/h1-6,9-12,17,20H,7-8,13-16H2;/q-1;+1/t17-,20-;/m1./s1. The molecule has 0 unspecified atom stereocenters. The van der Waals surface area contributed by atoms with E-state index in [9.17, 15) is 0 Å². The number of thioether (sulfide) groups is 2. The van der Waals surface area contributed by atoms with Crippen LogP contribution in [0, 0.1) is 11.2 Å². The van der Waals surface area contributed by atoms with Crippen molar-refractivity contribution in [2.75, 3.05) is 18.8 Å². The van der Waals surface area contributed by atoms with Crippen LogP contribution in [0.4, 0.5) is 0 Å². The van der Waals surface area contributed by atoms with Gasteiger partial charge in [0.05, 0.1) is 0 Å². The molecule has 0 amide bonds. The van der Waals surface area contributed by atoms with Crippen molar-refractivity contribution < 1.29 is 18.9 Å². The average molecular weight is 362 g/mol. The number of nitrogens with zero attached hydrogens (tertiary/aromatic N) is 1. The molecule has 126 valence electrons. The minimum atomic E-state index is 0. The van der Waals surface area contributed by atoms with Crippen molar-refractivity contribution in [1.82, 2.24) is 4.90 Å². The Kier molecular flexibility index (Phi) is 7.46. The molecule has 2 saturated heterocycles. The molecule has 4 heteroatoms. The summed E-state index contributed by atoms with van der Waals surface area (Å²) in [5, 5.41) is 1.71. The molecule has 1 nitrogen and oxygen atoms in total. The van der Waals surface area contributed by atoms with Crippen molar-refractivity contribution in [3.63, 3.8) is 0 Å². The number of fused-ring (bicyclic) bond motifs is 1. The molecule has 0 aromatic heterocycles. The van der Waals surface area contributed by atoms with Crippen molar-refractivity contribution in [3.05, 3.63) is 65.9 Å². The van der Waals surface area contributed by atoms with Gasteiger partial charge in [-0.05, 0) is 42.3 Å². The van der Waals surface area contributed by atoms with Gasteiger partial charge in [-0.2, -0.15) is 0 Å². The maximum absolute atomic E-state index is 2.74. The van der Waals surface area contributed by atoms with Crippen LogP contribution < -0.4 is 18.9 Å². The summed E-state index contributed by atoms with van der Waals surface area (Å²) in [4.78, 5) is 5.53. The molecule has 0 N–H and O–H groups in total. The summed E-state index contributed by atoms with van der Waals surface area (Å²) in [7, 11) is 0. The van der Waals surface area contributed by atoms with Gasteiger partial charge in [-0.3, -0.25) is 0 Å². The second-order valence-corrected chi connectivity index (χ2v) is 8.89. The molecule has 2 heterocycles. The smallest absolute Gasteiger partial charge is 0.331 e. The van der Waals surface area contributed by atoms with Gasteiger partial charge in [-0.1, -0.05) is 61.4 Å². The van der Waals surface area contributed by atoms with Crippen molar-refractivity contribution in [2.24, 2.45) is 5.92 Å². The Morgan fingerprint density at radius 3 is 2.32 bits per heavy atom. The number of rotatable bonds is 5. The summed E-state index contributed by atoms with van der Waals surface area (Å²) >= 11 is 4.06. The van der Waals surface area contributed by atoms with Gasteiger partial charge in [0.2, 0.25) is 0 Å². The third-order valence-electron chi connectivity index (χ3n) is 4.97. The van der Waals surface area contributed by atoms with Gasteiger partial charge < -0.3 is 16.7 Å². The summed E-state index contributed by atoms with van der Waals surface area (Å²) in [6.45, 7) is 2.54. The minimum Gasteiger partial charge on any atom is -0.331 e. The molecular weight excluding hydrogens is 337 g/mol. The molecule has 4 rings (SSSR count). The number of hydrogen-bond acceptors (Lipinski definition) is 3. The van der Waals surface area contributed by atoms with Crippen molar-refractivity contribution in [1.29, 1.82) is 0 Å². The predicted octanol–water partition coefficient (Wildman–Crippen LogP) is 2.59. The van der Waals surface area contributed by atoms with E-state index in [1.54, 1.807) is 5.25 Å². The number of benzene rings is 2. The zero-order valence-electron chi connectivity index (χ0n) is 14.9. The maximum atomic E-state index is 2.74. The molecule has 0 aliphatic carbocycles. The van der Waals surface area contributed by atoms with Crippen LogP contribution in [0.1, 0.15) is 19.3 Å². The van der Waals surface area contributed by atoms with Crippen molar-refractivity contribution in [3.8, 4) is 0 Å². The molecule has 0 spiro atoms. The van der Waals surface area contributed by atoms with Crippen LogP contribution in [0.15, 0.2) is 70.5 Å². The monoisotopic (exact) mass is 361 g/mol. The van der Waals surface area contributed by atoms with E-state index in [-0.39, 0.29) is 18.9 Å². The Labute approximate surface area is 172 Å². The first-order valence-corrected chi connectivity index (χ1v) is 10.7. The second-order valence-electron chi connectivity index (χ2n) is 6.64. The fraction of sp³-hybridized carbons (Fsp3) is 0.381. The summed E-state index contributed by atoms with van der Waals surface area (Å²) in [6, 6.07) is 22.5. The normalized spacial score (nSPS) is 23.8. The second kappa shape index (κ2) is 9.58. The van der Waals surface area contributed by atoms with E-state index in [1.807, 2.05) is 23.5 Å². The average Bonchev–Trinajstić information content (AvgIpc) is 2.99.